The molecule has 1 atom stereocenters. The molecule has 1 aromatic carbocycles. The topological polar surface area (TPSA) is 33.2 Å². The molecule has 0 radical (unpaired) electrons. The summed E-state index contributed by atoms with van der Waals surface area (Å²) in [5.74, 6) is 0.0890. The number of thiophene rings is 1. The molecule has 0 N–H and O–H groups in total. The fourth-order valence-electron chi connectivity index (χ4n) is 2.47. The maximum absolute atomic E-state index is 12.6. The highest BCUT2D eigenvalue weighted by molar-refractivity contribution is 7.20. The van der Waals surface area contributed by atoms with Crippen molar-refractivity contribution in [3.8, 4) is 9.88 Å². The Bertz CT molecular complexity index is 806. The first-order valence-corrected chi connectivity index (χ1v) is 9.61. The minimum Gasteiger partial charge on any atom is -0.339 e. The van der Waals surface area contributed by atoms with Gasteiger partial charge in [-0.15, -0.1) is 22.7 Å². The van der Waals surface area contributed by atoms with Crippen molar-refractivity contribution in [3.05, 3.63) is 64.0 Å². The maximum atomic E-state index is 12.6. The normalized spacial score (nSPS) is 12.1. The van der Waals surface area contributed by atoms with Gasteiger partial charge in [0.25, 0.3) is 0 Å². The third-order valence-electron chi connectivity index (χ3n) is 4.15. The van der Waals surface area contributed by atoms with E-state index in [1.165, 1.54) is 5.56 Å². The molecule has 0 saturated heterocycles. The van der Waals surface area contributed by atoms with E-state index in [4.69, 9.17) is 0 Å². The summed E-state index contributed by atoms with van der Waals surface area (Å²) in [7, 11) is 1.86. The molecule has 2 heterocycles. The number of rotatable bonds is 5. The molecule has 0 aliphatic rings. The Hall–Kier alpha value is -1.98. The molecule has 1 unspecified atom stereocenters. The summed E-state index contributed by atoms with van der Waals surface area (Å²) in [6.45, 7) is 4.12. The first kappa shape index (κ1) is 16.9. The molecule has 0 saturated carbocycles. The van der Waals surface area contributed by atoms with Gasteiger partial charge in [0.05, 0.1) is 23.0 Å². The van der Waals surface area contributed by atoms with Crippen LogP contribution in [0.5, 0.6) is 0 Å². The van der Waals surface area contributed by atoms with Crippen molar-refractivity contribution < 1.29 is 4.79 Å². The van der Waals surface area contributed by atoms with Gasteiger partial charge in [-0.3, -0.25) is 4.79 Å². The van der Waals surface area contributed by atoms with Gasteiger partial charge >= 0.3 is 0 Å². The van der Waals surface area contributed by atoms with Crippen molar-refractivity contribution in [2.75, 3.05) is 7.05 Å². The Morgan fingerprint density at radius 2 is 1.96 bits per heavy atom. The highest BCUT2D eigenvalue weighted by atomic mass is 32.1. The molecule has 3 aromatic rings. The second kappa shape index (κ2) is 7.28. The number of aromatic nitrogens is 1. The van der Waals surface area contributed by atoms with Gasteiger partial charge < -0.3 is 4.90 Å². The summed E-state index contributed by atoms with van der Waals surface area (Å²) in [4.78, 5) is 20.1. The highest BCUT2D eigenvalue weighted by Crippen LogP contribution is 2.28. The summed E-state index contributed by atoms with van der Waals surface area (Å²) in [6, 6.07) is 12.5. The number of aryl methyl sites for hydroxylation is 1. The number of nitrogens with zero attached hydrogens (tertiary/aromatic N) is 2. The standard InChI is InChI=1S/C19H20N2OS2/c1-13-6-8-15(9-7-13)14(2)21(3)18(22)11-16-12-24-19(20-16)17-5-4-10-23-17/h4-10,12,14H,11H2,1-3H3. The van der Waals surface area contributed by atoms with Gasteiger partial charge in [0.1, 0.15) is 5.01 Å². The molecule has 0 bridgehead atoms. The molecular weight excluding hydrogens is 336 g/mol. The van der Waals surface area contributed by atoms with Crippen LogP contribution >= 0.6 is 22.7 Å². The van der Waals surface area contributed by atoms with E-state index in [1.807, 2.05) is 23.9 Å². The van der Waals surface area contributed by atoms with E-state index >= 15 is 0 Å². The minimum atomic E-state index is 0.0495. The highest BCUT2D eigenvalue weighted by Gasteiger charge is 2.19. The van der Waals surface area contributed by atoms with E-state index in [2.05, 4.69) is 49.2 Å². The van der Waals surface area contributed by atoms with Crippen molar-refractivity contribution in [2.45, 2.75) is 26.3 Å². The summed E-state index contributed by atoms with van der Waals surface area (Å²) in [5, 5.41) is 5.01. The molecule has 5 heteroatoms. The van der Waals surface area contributed by atoms with Crippen molar-refractivity contribution in [3.63, 3.8) is 0 Å². The van der Waals surface area contributed by atoms with Crippen LogP contribution in [0, 0.1) is 6.92 Å². The van der Waals surface area contributed by atoms with Crippen LogP contribution in [-0.2, 0) is 11.2 Å². The second-order valence-corrected chi connectivity index (χ2v) is 7.70. The quantitative estimate of drug-likeness (QED) is 0.648. The lowest BCUT2D eigenvalue weighted by Crippen LogP contribution is -2.31. The number of benzene rings is 1. The van der Waals surface area contributed by atoms with Crippen LogP contribution in [0.1, 0.15) is 29.8 Å². The average Bonchev–Trinajstić information content (AvgIpc) is 3.25. The van der Waals surface area contributed by atoms with Gasteiger partial charge in [-0.1, -0.05) is 35.9 Å². The zero-order valence-corrected chi connectivity index (χ0v) is 15.7. The summed E-state index contributed by atoms with van der Waals surface area (Å²) < 4.78 is 0. The molecular formula is C19H20N2OS2. The Labute approximate surface area is 150 Å². The van der Waals surface area contributed by atoms with Gasteiger partial charge in [-0.2, -0.15) is 0 Å². The molecule has 0 fully saturated rings. The van der Waals surface area contributed by atoms with Crippen molar-refractivity contribution in [1.82, 2.24) is 9.88 Å². The summed E-state index contributed by atoms with van der Waals surface area (Å²) in [5.41, 5.74) is 3.22. The molecule has 1 amide bonds. The fraction of sp³-hybridized carbons (Fsp3) is 0.263. The molecule has 3 nitrogen and oxygen atoms in total. The van der Waals surface area contributed by atoms with Crippen LogP contribution in [0.25, 0.3) is 9.88 Å². The zero-order valence-electron chi connectivity index (χ0n) is 14.0. The first-order valence-electron chi connectivity index (χ1n) is 7.85. The van der Waals surface area contributed by atoms with Crippen LogP contribution < -0.4 is 0 Å². The van der Waals surface area contributed by atoms with E-state index in [0.717, 1.165) is 21.1 Å². The van der Waals surface area contributed by atoms with E-state index in [1.54, 1.807) is 27.6 Å². The van der Waals surface area contributed by atoms with Crippen molar-refractivity contribution >= 4 is 28.6 Å². The second-order valence-electron chi connectivity index (χ2n) is 5.89. The van der Waals surface area contributed by atoms with Crippen LogP contribution in [0.3, 0.4) is 0 Å². The van der Waals surface area contributed by atoms with Crippen molar-refractivity contribution in [2.24, 2.45) is 0 Å². The Balaban J connectivity index is 1.67. The third-order valence-corrected chi connectivity index (χ3v) is 6.08. The van der Waals surface area contributed by atoms with Gasteiger partial charge in [0.15, 0.2) is 0 Å². The number of thiazole rings is 1. The number of hydrogen-bond donors (Lipinski definition) is 0. The monoisotopic (exact) mass is 356 g/mol. The predicted molar refractivity (Wildman–Crippen MR) is 101 cm³/mol. The largest absolute Gasteiger partial charge is 0.339 e. The molecule has 0 aliphatic carbocycles. The molecule has 124 valence electrons. The lowest BCUT2D eigenvalue weighted by molar-refractivity contribution is -0.131. The first-order chi connectivity index (χ1) is 11.5. The zero-order chi connectivity index (χ0) is 17.1. The Kier molecular flexibility index (Phi) is 5.11. The van der Waals surface area contributed by atoms with Crippen LogP contribution in [0.2, 0.25) is 0 Å². The van der Waals surface area contributed by atoms with E-state index in [9.17, 15) is 4.79 Å². The average molecular weight is 357 g/mol. The molecule has 24 heavy (non-hydrogen) atoms. The third kappa shape index (κ3) is 3.74. The lowest BCUT2D eigenvalue weighted by atomic mass is 10.1. The molecule has 0 spiro atoms. The lowest BCUT2D eigenvalue weighted by Gasteiger charge is -2.25. The number of amides is 1. The molecule has 0 aliphatic heterocycles. The number of hydrogen-bond acceptors (Lipinski definition) is 4. The fourth-order valence-corrected chi connectivity index (χ4v) is 4.10. The van der Waals surface area contributed by atoms with E-state index < -0.39 is 0 Å². The van der Waals surface area contributed by atoms with Gasteiger partial charge in [-0.05, 0) is 30.9 Å². The van der Waals surface area contributed by atoms with Gasteiger partial charge in [-0.25, -0.2) is 4.98 Å². The number of carbonyl (C=O) groups is 1. The smallest absolute Gasteiger partial charge is 0.228 e. The van der Waals surface area contributed by atoms with Crippen LogP contribution in [0.15, 0.2) is 47.2 Å². The van der Waals surface area contributed by atoms with Crippen LogP contribution in [0.4, 0.5) is 0 Å². The number of carbonyl (C=O) groups excluding carboxylic acids is 1. The van der Waals surface area contributed by atoms with Crippen molar-refractivity contribution in [1.29, 1.82) is 0 Å². The van der Waals surface area contributed by atoms with E-state index in [0.29, 0.717) is 6.42 Å². The Morgan fingerprint density at radius 1 is 1.21 bits per heavy atom. The minimum absolute atomic E-state index is 0.0495. The maximum Gasteiger partial charge on any atom is 0.228 e. The molecule has 3 rings (SSSR count). The van der Waals surface area contributed by atoms with Gasteiger partial charge in [0, 0.05) is 12.4 Å². The van der Waals surface area contributed by atoms with Crippen LogP contribution in [-0.4, -0.2) is 22.8 Å². The Morgan fingerprint density at radius 3 is 2.62 bits per heavy atom. The van der Waals surface area contributed by atoms with E-state index in [-0.39, 0.29) is 11.9 Å². The predicted octanol–water partition coefficient (Wildman–Crippen LogP) is 4.94. The molecule has 2 aromatic heterocycles. The SMILES string of the molecule is Cc1ccc(C(C)N(C)C(=O)Cc2csc(-c3cccs3)n2)cc1. The summed E-state index contributed by atoms with van der Waals surface area (Å²) >= 11 is 3.27. The number of likely N-dealkylation sites (N-methyl/N-ethyl adjacent to an activating group) is 1. The summed E-state index contributed by atoms with van der Waals surface area (Å²) in [6.07, 6.45) is 0.342. The van der Waals surface area contributed by atoms with Gasteiger partial charge in [0.2, 0.25) is 5.91 Å².